The summed E-state index contributed by atoms with van der Waals surface area (Å²) < 4.78 is 5.28. The number of methoxy groups -OCH3 is 1. The molecule has 3 N–H and O–H groups in total. The van der Waals surface area contributed by atoms with Gasteiger partial charge < -0.3 is 25.6 Å². The molecule has 0 bridgehead atoms. The van der Waals surface area contributed by atoms with Gasteiger partial charge in [-0.25, -0.2) is 0 Å². The Morgan fingerprint density at radius 1 is 1.28 bits per heavy atom. The minimum atomic E-state index is -0.172. The number of rotatable bonds is 7. The number of hydrogen-bond donors (Lipinski definition) is 3. The van der Waals surface area contributed by atoms with Crippen molar-refractivity contribution in [3.63, 3.8) is 0 Å². The van der Waals surface area contributed by atoms with Crippen LogP contribution in [0.25, 0.3) is 0 Å². The molecule has 0 saturated carbocycles. The molecule has 0 radical (unpaired) electrons. The molecule has 4 unspecified atom stereocenters. The van der Waals surface area contributed by atoms with Gasteiger partial charge in [-0.15, -0.1) is 0 Å². The summed E-state index contributed by atoms with van der Waals surface area (Å²) in [4.78, 5) is 29.6. The van der Waals surface area contributed by atoms with Crippen LogP contribution >= 0.6 is 12.2 Å². The molecule has 3 aliphatic heterocycles. The molecule has 4 atom stereocenters. The molecule has 0 aliphatic carbocycles. The summed E-state index contributed by atoms with van der Waals surface area (Å²) in [6, 6.07) is 10.1. The third-order valence-corrected chi connectivity index (χ3v) is 6.96. The fourth-order valence-corrected chi connectivity index (χ4v) is 5.47. The van der Waals surface area contributed by atoms with Gasteiger partial charge in [0, 0.05) is 50.9 Å². The molecule has 2 amide bonds. The van der Waals surface area contributed by atoms with Crippen molar-refractivity contribution in [2.75, 3.05) is 38.7 Å². The molecule has 3 heterocycles. The molecular weight excluding hydrogens is 426 g/mol. The second kappa shape index (κ2) is 10.6. The van der Waals surface area contributed by atoms with E-state index in [1.54, 1.807) is 7.11 Å². The van der Waals surface area contributed by atoms with Crippen LogP contribution in [0.4, 0.5) is 5.69 Å². The normalized spacial score (nSPS) is 27.7. The first kappa shape index (κ1) is 22.9. The monoisotopic (exact) mass is 459 g/mol. The van der Waals surface area contributed by atoms with E-state index in [1.807, 2.05) is 35.2 Å². The van der Waals surface area contributed by atoms with Gasteiger partial charge in [0.25, 0.3) is 0 Å². The molecule has 8 nitrogen and oxygen atoms in total. The molecule has 9 heteroatoms. The SMILES string of the molecule is COCC1CCCN1C(=O)CCC1CNC(=O)C2CC(NC(=S)Nc3ccccc3)CN12. The molecule has 0 spiro atoms. The molecule has 3 fully saturated rings. The van der Waals surface area contributed by atoms with Crippen molar-refractivity contribution in [2.45, 2.75) is 56.3 Å². The highest BCUT2D eigenvalue weighted by Gasteiger charge is 2.43. The van der Waals surface area contributed by atoms with Gasteiger partial charge in [-0.3, -0.25) is 14.5 Å². The van der Waals surface area contributed by atoms with Crippen LogP contribution in [0.5, 0.6) is 0 Å². The predicted molar refractivity (Wildman–Crippen MR) is 127 cm³/mol. The van der Waals surface area contributed by atoms with E-state index in [1.165, 1.54) is 0 Å². The number of para-hydroxylation sites is 1. The van der Waals surface area contributed by atoms with Crippen LogP contribution in [0.15, 0.2) is 30.3 Å². The first-order valence-corrected chi connectivity index (χ1v) is 11.9. The third kappa shape index (κ3) is 5.39. The number of anilines is 1. The van der Waals surface area contributed by atoms with E-state index in [9.17, 15) is 9.59 Å². The average Bonchev–Trinajstić information content (AvgIpc) is 3.42. The van der Waals surface area contributed by atoms with Crippen LogP contribution in [0.2, 0.25) is 0 Å². The van der Waals surface area contributed by atoms with Crippen molar-refractivity contribution in [1.29, 1.82) is 0 Å². The smallest absolute Gasteiger partial charge is 0.237 e. The Bertz CT molecular complexity index is 823. The number of ether oxygens (including phenoxy) is 1. The molecule has 3 saturated heterocycles. The van der Waals surface area contributed by atoms with Crippen molar-refractivity contribution in [2.24, 2.45) is 0 Å². The van der Waals surface area contributed by atoms with Gasteiger partial charge in [0.2, 0.25) is 11.8 Å². The number of hydrogen-bond acceptors (Lipinski definition) is 5. The predicted octanol–water partition coefficient (Wildman–Crippen LogP) is 1.33. The highest BCUT2D eigenvalue weighted by molar-refractivity contribution is 7.80. The lowest BCUT2D eigenvalue weighted by Gasteiger charge is -2.37. The number of thiocarbonyl (C=S) groups is 1. The van der Waals surface area contributed by atoms with Gasteiger partial charge >= 0.3 is 0 Å². The maximum Gasteiger partial charge on any atom is 0.237 e. The van der Waals surface area contributed by atoms with Crippen molar-refractivity contribution in [3.8, 4) is 0 Å². The van der Waals surface area contributed by atoms with E-state index < -0.39 is 0 Å². The first-order valence-electron chi connectivity index (χ1n) is 11.5. The van der Waals surface area contributed by atoms with Gasteiger partial charge in [0.05, 0.1) is 18.7 Å². The average molecular weight is 460 g/mol. The second-order valence-electron chi connectivity index (χ2n) is 8.89. The number of likely N-dealkylation sites (tertiary alicyclic amines) is 1. The summed E-state index contributed by atoms with van der Waals surface area (Å²) in [6.07, 6.45) is 3.99. The number of benzene rings is 1. The molecule has 4 rings (SSSR count). The van der Waals surface area contributed by atoms with E-state index in [4.69, 9.17) is 17.0 Å². The number of fused-ring (bicyclic) bond motifs is 1. The van der Waals surface area contributed by atoms with Crippen LogP contribution in [-0.2, 0) is 14.3 Å². The fraction of sp³-hybridized carbons (Fsp3) is 0.609. The number of carbonyl (C=O) groups is 2. The molecular formula is C23H33N5O3S. The van der Waals surface area contributed by atoms with Crippen LogP contribution in [0.1, 0.15) is 32.1 Å². The van der Waals surface area contributed by atoms with Gasteiger partial charge in [-0.05, 0) is 50.0 Å². The summed E-state index contributed by atoms with van der Waals surface area (Å²) in [6.45, 7) is 2.75. The van der Waals surface area contributed by atoms with E-state index in [0.717, 1.165) is 38.0 Å². The third-order valence-electron chi connectivity index (χ3n) is 6.74. The Morgan fingerprint density at radius 2 is 2.09 bits per heavy atom. The minimum Gasteiger partial charge on any atom is -0.383 e. The number of nitrogens with one attached hydrogen (secondary N) is 3. The molecule has 1 aromatic carbocycles. The molecule has 174 valence electrons. The van der Waals surface area contributed by atoms with Crippen LogP contribution < -0.4 is 16.0 Å². The Kier molecular flexibility index (Phi) is 7.59. The number of carbonyl (C=O) groups excluding carboxylic acids is 2. The van der Waals surface area contributed by atoms with E-state index in [0.29, 0.717) is 31.1 Å². The van der Waals surface area contributed by atoms with E-state index in [-0.39, 0.29) is 36.0 Å². The number of nitrogens with zero attached hydrogens (tertiary/aromatic N) is 2. The number of piperazine rings is 1. The highest BCUT2D eigenvalue weighted by Crippen LogP contribution is 2.27. The van der Waals surface area contributed by atoms with Gasteiger partial charge in [-0.2, -0.15) is 0 Å². The van der Waals surface area contributed by atoms with Crippen molar-refractivity contribution in [1.82, 2.24) is 20.4 Å². The van der Waals surface area contributed by atoms with Gasteiger partial charge in [-0.1, -0.05) is 18.2 Å². The van der Waals surface area contributed by atoms with Crippen LogP contribution in [0.3, 0.4) is 0 Å². The zero-order chi connectivity index (χ0) is 22.5. The van der Waals surface area contributed by atoms with Crippen LogP contribution in [-0.4, -0.2) is 84.2 Å². The fourth-order valence-electron chi connectivity index (χ4n) is 5.19. The zero-order valence-corrected chi connectivity index (χ0v) is 19.4. The largest absolute Gasteiger partial charge is 0.383 e. The quantitative estimate of drug-likeness (QED) is 0.531. The maximum atomic E-state index is 12.8. The molecule has 3 aliphatic rings. The van der Waals surface area contributed by atoms with Gasteiger partial charge in [0.1, 0.15) is 0 Å². The van der Waals surface area contributed by atoms with E-state index >= 15 is 0 Å². The first-order chi connectivity index (χ1) is 15.5. The molecule has 0 aromatic heterocycles. The van der Waals surface area contributed by atoms with Crippen molar-refractivity contribution in [3.05, 3.63) is 30.3 Å². The highest BCUT2D eigenvalue weighted by atomic mass is 32.1. The number of amides is 2. The molecule has 1 aromatic rings. The standard InChI is InChI=1S/C23H33N5O3S/c1-31-15-19-8-5-11-27(19)21(29)10-9-18-13-24-22(30)20-12-17(14-28(18)20)26-23(32)25-16-6-3-2-4-7-16/h2-4,6-7,17-20H,5,8-15H2,1H3,(H,24,30)(H2,25,26,32). The zero-order valence-electron chi connectivity index (χ0n) is 18.6. The minimum absolute atomic E-state index is 0.0681. The van der Waals surface area contributed by atoms with Crippen LogP contribution in [0, 0.1) is 0 Å². The van der Waals surface area contributed by atoms with Gasteiger partial charge in [0.15, 0.2) is 5.11 Å². The Balaban J connectivity index is 1.30. The summed E-state index contributed by atoms with van der Waals surface area (Å²) in [7, 11) is 1.69. The summed E-state index contributed by atoms with van der Waals surface area (Å²) in [5, 5.41) is 10.2. The molecule has 32 heavy (non-hydrogen) atoms. The Hall–Kier alpha value is -2.23. The van der Waals surface area contributed by atoms with Crippen molar-refractivity contribution >= 4 is 34.8 Å². The lowest BCUT2D eigenvalue weighted by molar-refractivity contribution is -0.133. The lowest BCUT2D eigenvalue weighted by atomic mass is 10.0. The lowest BCUT2D eigenvalue weighted by Crippen LogP contribution is -2.58. The van der Waals surface area contributed by atoms with Crippen molar-refractivity contribution < 1.29 is 14.3 Å². The van der Waals surface area contributed by atoms with E-state index in [2.05, 4.69) is 20.9 Å². The summed E-state index contributed by atoms with van der Waals surface area (Å²) >= 11 is 5.47. The Morgan fingerprint density at radius 3 is 2.88 bits per heavy atom. The Labute approximate surface area is 195 Å². The maximum absolute atomic E-state index is 12.8. The summed E-state index contributed by atoms with van der Waals surface area (Å²) in [5.41, 5.74) is 0.934. The summed E-state index contributed by atoms with van der Waals surface area (Å²) in [5.74, 6) is 0.263. The second-order valence-corrected chi connectivity index (χ2v) is 9.29. The topological polar surface area (TPSA) is 85.9 Å².